The summed E-state index contributed by atoms with van der Waals surface area (Å²) in [5.74, 6) is 1.34. The fraction of sp³-hybridized carbons (Fsp3) is 0.360. The van der Waals surface area contributed by atoms with E-state index in [1.54, 1.807) is 19.5 Å². The number of nitrogens with zero attached hydrogens (tertiary/aromatic N) is 2. The molecule has 2 aromatic carbocycles. The summed E-state index contributed by atoms with van der Waals surface area (Å²) in [5, 5.41) is 3.68. The van der Waals surface area contributed by atoms with Crippen molar-refractivity contribution in [3.05, 3.63) is 65.5 Å². The first-order valence-electron chi connectivity index (χ1n) is 10.5. The van der Waals surface area contributed by atoms with E-state index < -0.39 is 0 Å². The van der Waals surface area contributed by atoms with E-state index in [1.807, 2.05) is 0 Å². The van der Waals surface area contributed by atoms with Crippen LogP contribution in [0.5, 0.6) is 5.88 Å². The second kappa shape index (κ2) is 8.64. The lowest BCUT2D eigenvalue weighted by Gasteiger charge is -2.17. The maximum Gasteiger partial charge on any atom is 0.232 e. The van der Waals surface area contributed by atoms with E-state index in [2.05, 4.69) is 65.5 Å². The standard InChI is InChI=1S/C25H29N3O/c1-4-18-7-5-9-21-19(13-18)8-6-10-23(21)27-20-12-11-17(2)22(14-20)24-15-26-16-25(28-24)29-3/h6,8,10-12,14-16,18,27H,4-5,7,9,13H2,1-3H3. The minimum absolute atomic E-state index is 0.527. The van der Waals surface area contributed by atoms with Crippen LogP contribution in [0.25, 0.3) is 11.3 Å². The van der Waals surface area contributed by atoms with Crippen molar-refractivity contribution in [1.82, 2.24) is 9.97 Å². The lowest BCUT2D eigenvalue weighted by molar-refractivity contribution is 0.396. The van der Waals surface area contributed by atoms with Gasteiger partial charge >= 0.3 is 0 Å². The minimum Gasteiger partial charge on any atom is -0.480 e. The molecule has 0 bridgehead atoms. The molecule has 0 radical (unpaired) electrons. The molecule has 150 valence electrons. The molecule has 0 saturated heterocycles. The molecule has 1 aromatic heterocycles. The van der Waals surface area contributed by atoms with Gasteiger partial charge in [-0.15, -0.1) is 0 Å². The van der Waals surface area contributed by atoms with E-state index in [1.165, 1.54) is 42.5 Å². The van der Waals surface area contributed by atoms with Crippen molar-refractivity contribution < 1.29 is 4.74 Å². The summed E-state index contributed by atoms with van der Waals surface area (Å²) in [6.45, 7) is 4.41. The number of hydrogen-bond acceptors (Lipinski definition) is 4. The van der Waals surface area contributed by atoms with Crippen molar-refractivity contribution in [3.8, 4) is 17.1 Å². The summed E-state index contributed by atoms with van der Waals surface area (Å²) in [6, 6.07) is 13.1. The van der Waals surface area contributed by atoms with Gasteiger partial charge in [-0.05, 0) is 73.4 Å². The molecule has 3 aromatic rings. The Morgan fingerprint density at radius 3 is 2.90 bits per heavy atom. The molecule has 1 aliphatic rings. The molecule has 1 atom stereocenters. The lowest BCUT2D eigenvalue weighted by atomic mass is 9.94. The maximum absolute atomic E-state index is 5.24. The van der Waals surface area contributed by atoms with Crippen LogP contribution in [0.2, 0.25) is 0 Å². The first-order valence-corrected chi connectivity index (χ1v) is 10.5. The van der Waals surface area contributed by atoms with Gasteiger partial charge in [-0.1, -0.05) is 31.5 Å². The number of nitrogens with one attached hydrogen (secondary N) is 1. The number of aryl methyl sites for hydroxylation is 1. The minimum atomic E-state index is 0.527. The smallest absolute Gasteiger partial charge is 0.232 e. The fourth-order valence-corrected chi connectivity index (χ4v) is 4.27. The number of rotatable bonds is 5. The number of benzene rings is 2. The van der Waals surface area contributed by atoms with Crippen molar-refractivity contribution in [2.24, 2.45) is 5.92 Å². The summed E-state index contributed by atoms with van der Waals surface area (Å²) >= 11 is 0. The largest absolute Gasteiger partial charge is 0.480 e. The summed E-state index contributed by atoms with van der Waals surface area (Å²) in [5.41, 5.74) is 8.33. The van der Waals surface area contributed by atoms with Crippen molar-refractivity contribution in [3.63, 3.8) is 0 Å². The molecule has 0 spiro atoms. The van der Waals surface area contributed by atoms with Gasteiger partial charge in [0.15, 0.2) is 0 Å². The summed E-state index contributed by atoms with van der Waals surface area (Å²) in [6.07, 6.45) is 9.61. The van der Waals surface area contributed by atoms with Crippen molar-refractivity contribution in [2.45, 2.75) is 46.0 Å². The topological polar surface area (TPSA) is 47.0 Å². The second-order valence-electron chi connectivity index (χ2n) is 7.92. The monoisotopic (exact) mass is 387 g/mol. The third-order valence-electron chi connectivity index (χ3n) is 6.01. The molecular weight excluding hydrogens is 358 g/mol. The lowest BCUT2D eigenvalue weighted by Crippen LogP contribution is -2.03. The predicted molar refractivity (Wildman–Crippen MR) is 119 cm³/mol. The maximum atomic E-state index is 5.24. The van der Waals surface area contributed by atoms with Crippen molar-refractivity contribution in [2.75, 3.05) is 12.4 Å². The molecule has 4 rings (SSSR count). The quantitative estimate of drug-likeness (QED) is 0.537. The van der Waals surface area contributed by atoms with Gasteiger partial charge in [-0.2, -0.15) is 0 Å². The Hall–Kier alpha value is -2.88. The molecule has 1 aliphatic carbocycles. The van der Waals surface area contributed by atoms with Gasteiger partial charge in [-0.3, -0.25) is 4.98 Å². The Labute approximate surface area is 173 Å². The molecular formula is C25H29N3O. The van der Waals surface area contributed by atoms with Crippen LogP contribution in [0.15, 0.2) is 48.8 Å². The highest BCUT2D eigenvalue weighted by atomic mass is 16.5. The third-order valence-corrected chi connectivity index (χ3v) is 6.01. The molecule has 0 fully saturated rings. The van der Waals surface area contributed by atoms with Crippen LogP contribution in [0.3, 0.4) is 0 Å². The third kappa shape index (κ3) is 4.26. The van der Waals surface area contributed by atoms with E-state index in [9.17, 15) is 0 Å². The first kappa shape index (κ1) is 19.4. The normalized spacial score (nSPS) is 16.0. The van der Waals surface area contributed by atoms with Crippen LogP contribution in [0.1, 0.15) is 42.9 Å². The zero-order valence-corrected chi connectivity index (χ0v) is 17.5. The average Bonchev–Trinajstić information content (AvgIpc) is 2.98. The van der Waals surface area contributed by atoms with Crippen molar-refractivity contribution >= 4 is 11.4 Å². The number of ether oxygens (including phenoxy) is 1. The number of aromatic nitrogens is 2. The van der Waals surface area contributed by atoms with Crippen LogP contribution in [-0.2, 0) is 12.8 Å². The second-order valence-corrected chi connectivity index (χ2v) is 7.92. The van der Waals surface area contributed by atoms with Gasteiger partial charge in [0.1, 0.15) is 0 Å². The zero-order valence-electron chi connectivity index (χ0n) is 17.5. The molecule has 4 heteroatoms. The summed E-state index contributed by atoms with van der Waals surface area (Å²) in [4.78, 5) is 8.82. The van der Waals surface area contributed by atoms with Gasteiger partial charge in [0.25, 0.3) is 0 Å². The fourth-order valence-electron chi connectivity index (χ4n) is 4.27. The molecule has 1 heterocycles. The number of anilines is 2. The highest BCUT2D eigenvalue weighted by molar-refractivity contribution is 5.73. The van der Waals surface area contributed by atoms with Crippen LogP contribution >= 0.6 is 0 Å². The van der Waals surface area contributed by atoms with E-state index in [-0.39, 0.29) is 0 Å². The molecule has 1 N–H and O–H groups in total. The molecule has 29 heavy (non-hydrogen) atoms. The van der Waals surface area contributed by atoms with Gasteiger partial charge in [0, 0.05) is 16.9 Å². The van der Waals surface area contributed by atoms with E-state index in [0.29, 0.717) is 5.88 Å². The Morgan fingerprint density at radius 2 is 2.07 bits per heavy atom. The Balaban J connectivity index is 1.66. The first-order chi connectivity index (χ1) is 14.2. The van der Waals surface area contributed by atoms with Gasteiger partial charge in [0.2, 0.25) is 5.88 Å². The van der Waals surface area contributed by atoms with Gasteiger partial charge in [0.05, 0.1) is 25.2 Å². The summed E-state index contributed by atoms with van der Waals surface area (Å²) in [7, 11) is 1.61. The predicted octanol–water partition coefficient (Wildman–Crippen LogP) is 6.11. The number of fused-ring (bicyclic) bond motifs is 1. The van der Waals surface area contributed by atoms with Gasteiger partial charge in [-0.25, -0.2) is 4.98 Å². The Bertz CT molecular complexity index is 999. The van der Waals surface area contributed by atoms with E-state index in [4.69, 9.17) is 4.74 Å². The zero-order chi connectivity index (χ0) is 20.2. The van der Waals surface area contributed by atoms with Gasteiger partial charge < -0.3 is 10.1 Å². The van der Waals surface area contributed by atoms with Crippen LogP contribution < -0.4 is 10.1 Å². The average molecular weight is 388 g/mol. The molecule has 0 saturated carbocycles. The van der Waals surface area contributed by atoms with Crippen LogP contribution in [0, 0.1) is 12.8 Å². The Morgan fingerprint density at radius 1 is 1.17 bits per heavy atom. The molecule has 0 aliphatic heterocycles. The highest BCUT2D eigenvalue weighted by Gasteiger charge is 2.18. The number of methoxy groups -OCH3 is 1. The van der Waals surface area contributed by atoms with Crippen LogP contribution in [0.4, 0.5) is 11.4 Å². The number of hydrogen-bond donors (Lipinski definition) is 1. The molecule has 4 nitrogen and oxygen atoms in total. The van der Waals surface area contributed by atoms with Crippen LogP contribution in [-0.4, -0.2) is 17.1 Å². The highest BCUT2D eigenvalue weighted by Crippen LogP contribution is 2.33. The van der Waals surface area contributed by atoms with Crippen molar-refractivity contribution in [1.29, 1.82) is 0 Å². The molecule has 0 amide bonds. The summed E-state index contributed by atoms with van der Waals surface area (Å²) < 4.78 is 5.24. The SMILES string of the molecule is CCC1CCCc2c(cccc2Nc2ccc(C)c(-c3cncc(OC)n3)c2)C1. The Kier molecular flexibility index (Phi) is 5.79. The van der Waals surface area contributed by atoms with E-state index in [0.717, 1.165) is 34.8 Å². The molecule has 1 unspecified atom stereocenters. The van der Waals surface area contributed by atoms with E-state index >= 15 is 0 Å².